The number of ether oxygens (including phenoxy) is 1. The van der Waals surface area contributed by atoms with Crippen LogP contribution in [0.15, 0.2) is 47.6 Å². The molecule has 0 radical (unpaired) electrons. The molecule has 1 fully saturated rings. The van der Waals surface area contributed by atoms with E-state index < -0.39 is 15.8 Å². The predicted octanol–water partition coefficient (Wildman–Crippen LogP) is 2.29. The molecule has 1 aliphatic rings. The number of sulfonamides is 1. The van der Waals surface area contributed by atoms with E-state index in [4.69, 9.17) is 4.74 Å². The summed E-state index contributed by atoms with van der Waals surface area (Å²) in [7, 11) is -0.532. The van der Waals surface area contributed by atoms with Crippen LogP contribution in [0.2, 0.25) is 0 Å². The second-order valence-corrected chi connectivity index (χ2v) is 8.97. The molecule has 9 heteroatoms. The monoisotopic (exact) mass is 421 g/mol. The number of hydrogen-bond acceptors (Lipinski definition) is 5. The summed E-state index contributed by atoms with van der Waals surface area (Å²) in [4.78, 5) is 18.3. The number of rotatable bonds is 6. The van der Waals surface area contributed by atoms with Crippen molar-refractivity contribution in [1.82, 2.24) is 14.2 Å². The molecular formula is C20H24FN3O4S. The van der Waals surface area contributed by atoms with Crippen LogP contribution in [0.25, 0.3) is 0 Å². The highest BCUT2D eigenvalue weighted by Gasteiger charge is 2.33. The van der Waals surface area contributed by atoms with Gasteiger partial charge in [-0.1, -0.05) is 6.07 Å². The molecule has 0 unspecified atom stereocenters. The van der Waals surface area contributed by atoms with Gasteiger partial charge < -0.3 is 9.64 Å². The summed E-state index contributed by atoms with van der Waals surface area (Å²) in [6.45, 7) is 0.825. The highest BCUT2D eigenvalue weighted by atomic mass is 32.2. The molecule has 0 atom stereocenters. The maximum atomic E-state index is 13.9. The van der Waals surface area contributed by atoms with Gasteiger partial charge in [0.05, 0.1) is 7.11 Å². The summed E-state index contributed by atoms with van der Waals surface area (Å²) in [5, 5.41) is 0. The summed E-state index contributed by atoms with van der Waals surface area (Å²) >= 11 is 0. The highest BCUT2D eigenvalue weighted by Crippen LogP contribution is 2.25. The van der Waals surface area contributed by atoms with Crippen molar-refractivity contribution in [3.8, 4) is 5.75 Å². The molecule has 29 heavy (non-hydrogen) atoms. The van der Waals surface area contributed by atoms with Crippen LogP contribution in [0.3, 0.4) is 0 Å². The fourth-order valence-electron chi connectivity index (χ4n) is 3.46. The number of benzene rings is 1. The summed E-state index contributed by atoms with van der Waals surface area (Å²) in [6.07, 6.45) is 3.74. The summed E-state index contributed by atoms with van der Waals surface area (Å²) in [6, 6.07) is 7.70. The Labute approximate surface area is 170 Å². The first-order chi connectivity index (χ1) is 13.8. The highest BCUT2D eigenvalue weighted by molar-refractivity contribution is 7.89. The number of piperidine rings is 1. The number of amides is 1. The first-order valence-corrected chi connectivity index (χ1v) is 10.7. The Balaban J connectivity index is 1.59. The van der Waals surface area contributed by atoms with E-state index in [-0.39, 0.29) is 42.1 Å². The second kappa shape index (κ2) is 8.87. The minimum Gasteiger partial charge on any atom is -0.494 e. The minimum atomic E-state index is -3.60. The van der Waals surface area contributed by atoms with Crippen molar-refractivity contribution in [3.63, 3.8) is 0 Å². The number of pyridine rings is 1. The molecule has 1 amide bonds. The van der Waals surface area contributed by atoms with Gasteiger partial charge in [-0.25, -0.2) is 12.8 Å². The summed E-state index contributed by atoms with van der Waals surface area (Å²) in [5.74, 6) is -0.646. The SMILES string of the molecule is COc1ccc(CN(C)C(=O)C2CCN(S(=O)(=O)c3cccnc3)CC2)cc1F. The van der Waals surface area contributed by atoms with Crippen LogP contribution in [0.5, 0.6) is 5.75 Å². The maximum absolute atomic E-state index is 13.9. The Morgan fingerprint density at radius 3 is 2.62 bits per heavy atom. The van der Waals surface area contributed by atoms with Gasteiger partial charge in [0.1, 0.15) is 4.90 Å². The average Bonchev–Trinajstić information content (AvgIpc) is 2.74. The molecule has 2 heterocycles. The zero-order valence-electron chi connectivity index (χ0n) is 16.4. The fourth-order valence-corrected chi connectivity index (χ4v) is 4.90. The molecule has 2 aromatic rings. The second-order valence-electron chi connectivity index (χ2n) is 7.03. The van der Waals surface area contributed by atoms with E-state index in [2.05, 4.69) is 4.98 Å². The van der Waals surface area contributed by atoms with E-state index in [1.807, 2.05) is 0 Å². The molecule has 0 N–H and O–H groups in total. The van der Waals surface area contributed by atoms with Crippen molar-refractivity contribution in [2.45, 2.75) is 24.3 Å². The summed E-state index contributed by atoms with van der Waals surface area (Å²) < 4.78 is 45.5. The van der Waals surface area contributed by atoms with Crippen LogP contribution < -0.4 is 4.74 Å². The topological polar surface area (TPSA) is 79.8 Å². The van der Waals surface area contributed by atoms with Crippen LogP contribution >= 0.6 is 0 Å². The first kappa shape index (κ1) is 21.2. The lowest BCUT2D eigenvalue weighted by molar-refractivity contribution is -0.135. The van der Waals surface area contributed by atoms with Crippen molar-refractivity contribution in [3.05, 3.63) is 54.1 Å². The Kier molecular flexibility index (Phi) is 6.49. The minimum absolute atomic E-state index is 0.0698. The van der Waals surface area contributed by atoms with Gasteiger partial charge in [-0.2, -0.15) is 4.31 Å². The lowest BCUT2D eigenvalue weighted by Gasteiger charge is -2.32. The van der Waals surface area contributed by atoms with E-state index in [1.54, 1.807) is 24.1 Å². The standard InChI is InChI=1S/C20H24FN3O4S/c1-23(14-15-5-6-19(28-2)18(21)12-15)20(25)16-7-10-24(11-8-16)29(26,27)17-4-3-9-22-13-17/h3-6,9,12-13,16H,7-8,10-11,14H2,1-2H3. The predicted molar refractivity (Wildman–Crippen MR) is 105 cm³/mol. The number of aromatic nitrogens is 1. The van der Waals surface area contributed by atoms with Gasteiger partial charge in [0.15, 0.2) is 11.6 Å². The van der Waals surface area contributed by atoms with E-state index >= 15 is 0 Å². The zero-order valence-corrected chi connectivity index (χ0v) is 17.2. The van der Waals surface area contributed by atoms with Crippen molar-refractivity contribution in [2.75, 3.05) is 27.2 Å². The molecule has 1 aliphatic heterocycles. The average molecular weight is 421 g/mol. The number of nitrogens with zero attached hydrogens (tertiary/aromatic N) is 3. The van der Waals surface area contributed by atoms with E-state index in [0.717, 1.165) is 0 Å². The van der Waals surface area contributed by atoms with Crippen molar-refractivity contribution >= 4 is 15.9 Å². The van der Waals surface area contributed by atoms with Gasteiger partial charge in [0.25, 0.3) is 0 Å². The number of halogens is 1. The Hall–Kier alpha value is -2.52. The number of hydrogen-bond donors (Lipinski definition) is 0. The number of methoxy groups -OCH3 is 1. The van der Waals surface area contributed by atoms with E-state index in [0.29, 0.717) is 18.4 Å². The van der Waals surface area contributed by atoms with Crippen molar-refractivity contribution in [2.24, 2.45) is 5.92 Å². The van der Waals surface area contributed by atoms with Crippen LogP contribution in [-0.2, 0) is 21.4 Å². The van der Waals surface area contributed by atoms with Crippen LogP contribution in [0.4, 0.5) is 4.39 Å². The van der Waals surface area contributed by atoms with Gasteiger partial charge in [-0.05, 0) is 42.7 Å². The normalized spacial score (nSPS) is 15.8. The molecule has 1 saturated heterocycles. The third kappa shape index (κ3) is 4.73. The molecule has 156 valence electrons. The maximum Gasteiger partial charge on any atom is 0.244 e. The van der Waals surface area contributed by atoms with Gasteiger partial charge >= 0.3 is 0 Å². The number of carbonyl (C=O) groups excluding carboxylic acids is 1. The Morgan fingerprint density at radius 2 is 2.03 bits per heavy atom. The Morgan fingerprint density at radius 1 is 1.31 bits per heavy atom. The van der Waals surface area contributed by atoms with Crippen molar-refractivity contribution in [1.29, 1.82) is 0 Å². The molecule has 3 rings (SSSR count). The van der Waals surface area contributed by atoms with Gasteiger partial charge in [-0.15, -0.1) is 0 Å². The van der Waals surface area contributed by atoms with Gasteiger partial charge in [-0.3, -0.25) is 9.78 Å². The van der Waals surface area contributed by atoms with Crippen LogP contribution in [-0.4, -0.2) is 55.8 Å². The molecule has 0 bridgehead atoms. The molecule has 1 aromatic heterocycles. The fraction of sp³-hybridized carbons (Fsp3) is 0.400. The zero-order chi connectivity index (χ0) is 21.0. The van der Waals surface area contributed by atoms with Gasteiger partial charge in [0.2, 0.25) is 15.9 Å². The molecule has 7 nitrogen and oxygen atoms in total. The van der Waals surface area contributed by atoms with Gasteiger partial charge in [0, 0.05) is 45.0 Å². The van der Waals surface area contributed by atoms with Crippen LogP contribution in [0.1, 0.15) is 18.4 Å². The van der Waals surface area contributed by atoms with E-state index in [9.17, 15) is 17.6 Å². The number of carbonyl (C=O) groups is 1. The molecule has 0 aliphatic carbocycles. The lowest BCUT2D eigenvalue weighted by atomic mass is 9.96. The first-order valence-electron chi connectivity index (χ1n) is 9.30. The van der Waals surface area contributed by atoms with Crippen LogP contribution in [0, 0.1) is 11.7 Å². The third-order valence-corrected chi connectivity index (χ3v) is 6.97. The lowest BCUT2D eigenvalue weighted by Crippen LogP contribution is -2.43. The molecular weight excluding hydrogens is 397 g/mol. The summed E-state index contributed by atoms with van der Waals surface area (Å²) in [5.41, 5.74) is 0.663. The quantitative estimate of drug-likeness (QED) is 0.715. The smallest absolute Gasteiger partial charge is 0.244 e. The molecule has 0 saturated carbocycles. The van der Waals surface area contributed by atoms with Crippen molar-refractivity contribution < 1.29 is 22.3 Å². The molecule has 0 spiro atoms. The Bertz CT molecular complexity index is 961. The van der Waals surface area contributed by atoms with E-state index in [1.165, 1.54) is 42.0 Å². The largest absolute Gasteiger partial charge is 0.494 e. The molecule has 1 aromatic carbocycles. The third-order valence-electron chi connectivity index (χ3n) is 5.09.